The van der Waals surface area contributed by atoms with E-state index in [0.29, 0.717) is 35.3 Å². The zero-order valence-electron chi connectivity index (χ0n) is 18.5. The van der Waals surface area contributed by atoms with Crippen LogP contribution in [0.2, 0.25) is 0 Å². The Bertz CT molecular complexity index is 752. The zero-order chi connectivity index (χ0) is 20.2. The van der Waals surface area contributed by atoms with Gasteiger partial charge in [0.2, 0.25) is 0 Å². The van der Waals surface area contributed by atoms with Crippen LogP contribution in [0.15, 0.2) is 18.2 Å². The van der Waals surface area contributed by atoms with Crippen LogP contribution in [0.4, 0.5) is 0 Å². The molecule has 2 saturated carbocycles. The molecule has 6 atom stereocenters. The van der Waals surface area contributed by atoms with E-state index in [4.69, 9.17) is 9.47 Å². The van der Waals surface area contributed by atoms with Crippen molar-refractivity contribution in [1.29, 1.82) is 0 Å². The van der Waals surface area contributed by atoms with Gasteiger partial charge < -0.3 is 14.6 Å². The summed E-state index contributed by atoms with van der Waals surface area (Å²) in [5.74, 6) is 3.44. The first-order valence-electron chi connectivity index (χ1n) is 12.1. The van der Waals surface area contributed by atoms with Crippen LogP contribution in [0.5, 0.6) is 5.75 Å². The fraction of sp³-hybridized carbons (Fsp3) is 0.769. The minimum Gasteiger partial charge on any atom is -0.508 e. The lowest BCUT2D eigenvalue weighted by Gasteiger charge is -2.54. The van der Waals surface area contributed by atoms with Crippen molar-refractivity contribution in [3.8, 4) is 5.75 Å². The normalized spacial score (nSPS) is 38.4. The lowest BCUT2D eigenvalue weighted by Crippen LogP contribution is -2.51. The van der Waals surface area contributed by atoms with Gasteiger partial charge in [0, 0.05) is 11.8 Å². The average Bonchev–Trinajstić information content (AvgIpc) is 3.32. The Morgan fingerprint density at radius 1 is 1.10 bits per heavy atom. The maximum absolute atomic E-state index is 10.3. The molecule has 3 fully saturated rings. The Balaban J connectivity index is 1.54. The van der Waals surface area contributed by atoms with E-state index in [0.717, 1.165) is 19.6 Å². The highest BCUT2D eigenvalue weighted by Crippen LogP contribution is 2.67. The minimum atomic E-state index is -0.319. The topological polar surface area (TPSA) is 38.7 Å². The predicted molar refractivity (Wildman–Crippen MR) is 115 cm³/mol. The van der Waals surface area contributed by atoms with Gasteiger partial charge in [0.25, 0.3) is 0 Å². The van der Waals surface area contributed by atoms with Crippen LogP contribution < -0.4 is 0 Å². The fourth-order valence-corrected chi connectivity index (χ4v) is 8.04. The second-order valence-corrected chi connectivity index (χ2v) is 10.4. The van der Waals surface area contributed by atoms with E-state index in [1.54, 1.807) is 0 Å². The molecule has 1 aliphatic heterocycles. The van der Waals surface area contributed by atoms with Crippen LogP contribution in [0, 0.1) is 23.2 Å². The summed E-state index contributed by atoms with van der Waals surface area (Å²) in [5.41, 5.74) is 3.14. The third kappa shape index (κ3) is 2.83. The van der Waals surface area contributed by atoms with Crippen molar-refractivity contribution in [2.75, 3.05) is 13.2 Å². The number of aromatic hydroxyl groups is 1. The van der Waals surface area contributed by atoms with Crippen molar-refractivity contribution in [2.45, 2.75) is 89.8 Å². The van der Waals surface area contributed by atoms with E-state index in [1.165, 1.54) is 56.1 Å². The van der Waals surface area contributed by atoms with Crippen molar-refractivity contribution >= 4 is 0 Å². The Kier molecular flexibility index (Phi) is 4.98. The van der Waals surface area contributed by atoms with E-state index < -0.39 is 0 Å². The molecule has 3 heteroatoms. The first kappa shape index (κ1) is 19.9. The van der Waals surface area contributed by atoms with Crippen molar-refractivity contribution in [2.24, 2.45) is 23.2 Å². The molecule has 5 rings (SSSR count). The molecule has 3 aliphatic carbocycles. The van der Waals surface area contributed by atoms with E-state index >= 15 is 0 Å². The van der Waals surface area contributed by atoms with Gasteiger partial charge in [-0.1, -0.05) is 46.1 Å². The van der Waals surface area contributed by atoms with Gasteiger partial charge in [0.1, 0.15) is 5.75 Å². The minimum absolute atomic E-state index is 0.149. The SMILES string of the molecule is CCCC(CC)C1CC2C(CCC3(C)C2CCC32OCCO2)c2ccc(O)cc21. The number of ether oxygens (including phenoxy) is 2. The molecule has 1 spiro atoms. The number of phenolic OH excluding ortho intramolecular Hbond substituents is 1. The summed E-state index contributed by atoms with van der Waals surface area (Å²) < 4.78 is 12.6. The van der Waals surface area contributed by atoms with Gasteiger partial charge in [-0.25, -0.2) is 0 Å². The summed E-state index contributed by atoms with van der Waals surface area (Å²) in [4.78, 5) is 0. The van der Waals surface area contributed by atoms with Gasteiger partial charge in [0.05, 0.1) is 13.2 Å². The molecule has 6 unspecified atom stereocenters. The van der Waals surface area contributed by atoms with Crippen molar-refractivity contribution in [3.05, 3.63) is 29.3 Å². The molecular weight excluding hydrogens is 360 g/mol. The van der Waals surface area contributed by atoms with Crippen LogP contribution in [-0.2, 0) is 9.47 Å². The smallest absolute Gasteiger partial charge is 0.174 e. The molecule has 0 bridgehead atoms. The molecule has 0 amide bonds. The number of hydrogen-bond donors (Lipinski definition) is 1. The summed E-state index contributed by atoms with van der Waals surface area (Å²) in [6.07, 6.45) is 9.74. The van der Waals surface area contributed by atoms with Crippen molar-refractivity contribution < 1.29 is 14.6 Å². The van der Waals surface area contributed by atoms with E-state index in [9.17, 15) is 5.11 Å². The molecule has 0 radical (unpaired) electrons. The maximum Gasteiger partial charge on any atom is 0.174 e. The summed E-state index contributed by atoms with van der Waals surface area (Å²) in [6, 6.07) is 6.27. The van der Waals surface area contributed by atoms with Gasteiger partial charge in [-0.15, -0.1) is 0 Å². The second-order valence-electron chi connectivity index (χ2n) is 10.4. The number of hydrogen-bond acceptors (Lipinski definition) is 3. The van der Waals surface area contributed by atoms with Gasteiger partial charge in [-0.05, 0) is 78.5 Å². The lowest BCUT2D eigenvalue weighted by molar-refractivity contribution is -0.237. The Labute approximate surface area is 176 Å². The molecule has 160 valence electrons. The van der Waals surface area contributed by atoms with Gasteiger partial charge in [-0.2, -0.15) is 0 Å². The molecule has 1 aromatic rings. The standard InChI is InChI=1S/C26H38O3/c1-4-6-17(5-2)21-16-23-20(19-8-7-18(27)15-22(19)21)9-11-25(3)24(23)10-12-26(25)28-13-14-29-26/h7-8,15,17,20-21,23-24,27H,4-6,9-14,16H2,1-3H3. The molecule has 1 N–H and O–H groups in total. The summed E-state index contributed by atoms with van der Waals surface area (Å²) in [5, 5.41) is 10.3. The Morgan fingerprint density at radius 2 is 1.90 bits per heavy atom. The third-order valence-corrected chi connectivity index (χ3v) is 9.38. The molecule has 1 heterocycles. The van der Waals surface area contributed by atoms with E-state index in [2.05, 4.69) is 32.9 Å². The summed E-state index contributed by atoms with van der Waals surface area (Å²) in [6.45, 7) is 8.65. The molecule has 29 heavy (non-hydrogen) atoms. The summed E-state index contributed by atoms with van der Waals surface area (Å²) >= 11 is 0. The number of fused-ring (bicyclic) bond motifs is 6. The molecule has 1 saturated heterocycles. The molecule has 4 aliphatic rings. The monoisotopic (exact) mass is 398 g/mol. The zero-order valence-corrected chi connectivity index (χ0v) is 18.5. The van der Waals surface area contributed by atoms with Crippen LogP contribution in [-0.4, -0.2) is 24.1 Å². The average molecular weight is 399 g/mol. The Hall–Kier alpha value is -1.06. The van der Waals surface area contributed by atoms with Gasteiger partial charge in [-0.3, -0.25) is 0 Å². The molecule has 0 aromatic heterocycles. The maximum atomic E-state index is 10.3. The van der Waals surface area contributed by atoms with E-state index in [-0.39, 0.29) is 11.2 Å². The third-order valence-electron chi connectivity index (χ3n) is 9.38. The van der Waals surface area contributed by atoms with E-state index in [1.807, 2.05) is 6.07 Å². The van der Waals surface area contributed by atoms with Crippen LogP contribution in [0.3, 0.4) is 0 Å². The fourth-order valence-electron chi connectivity index (χ4n) is 8.04. The molecular formula is C26H38O3. The molecule has 1 aromatic carbocycles. The quantitative estimate of drug-likeness (QED) is 0.641. The highest BCUT2D eigenvalue weighted by atomic mass is 16.7. The highest BCUT2D eigenvalue weighted by molar-refractivity contribution is 5.43. The number of benzene rings is 1. The van der Waals surface area contributed by atoms with Gasteiger partial charge in [0.15, 0.2) is 5.79 Å². The lowest BCUT2D eigenvalue weighted by atomic mass is 9.52. The van der Waals surface area contributed by atoms with Crippen LogP contribution in [0.25, 0.3) is 0 Å². The van der Waals surface area contributed by atoms with Crippen molar-refractivity contribution in [1.82, 2.24) is 0 Å². The highest BCUT2D eigenvalue weighted by Gasteiger charge is 2.65. The summed E-state index contributed by atoms with van der Waals surface area (Å²) in [7, 11) is 0. The predicted octanol–water partition coefficient (Wildman–Crippen LogP) is 6.36. The Morgan fingerprint density at radius 3 is 2.62 bits per heavy atom. The van der Waals surface area contributed by atoms with Crippen LogP contribution in [0.1, 0.15) is 95.1 Å². The first-order valence-corrected chi connectivity index (χ1v) is 12.1. The first-order chi connectivity index (χ1) is 14.0. The van der Waals surface area contributed by atoms with Crippen LogP contribution >= 0.6 is 0 Å². The number of phenols is 1. The second kappa shape index (κ2) is 7.27. The largest absolute Gasteiger partial charge is 0.508 e. The molecule has 3 nitrogen and oxygen atoms in total. The van der Waals surface area contributed by atoms with Gasteiger partial charge >= 0.3 is 0 Å². The van der Waals surface area contributed by atoms with Crippen molar-refractivity contribution in [3.63, 3.8) is 0 Å². The number of rotatable bonds is 4.